The molecular weight excluding hydrogens is 429 g/mol. The van der Waals surface area contributed by atoms with Gasteiger partial charge in [-0.2, -0.15) is 5.10 Å². The van der Waals surface area contributed by atoms with Crippen LogP contribution in [-0.4, -0.2) is 56.7 Å². The Kier molecular flexibility index (Phi) is 6.36. The van der Waals surface area contributed by atoms with Gasteiger partial charge in [0.25, 0.3) is 5.91 Å². The lowest BCUT2D eigenvalue weighted by Gasteiger charge is -2.22. The van der Waals surface area contributed by atoms with E-state index in [1.165, 1.54) is 12.1 Å². The van der Waals surface area contributed by atoms with E-state index in [0.29, 0.717) is 25.2 Å². The van der Waals surface area contributed by atoms with Gasteiger partial charge >= 0.3 is 0 Å². The van der Waals surface area contributed by atoms with Gasteiger partial charge in [0.2, 0.25) is 0 Å². The summed E-state index contributed by atoms with van der Waals surface area (Å²) in [6.07, 6.45) is 2.65. The number of rotatable bonds is 5. The summed E-state index contributed by atoms with van der Waals surface area (Å²) in [4.78, 5) is 22.9. The zero-order valence-electron chi connectivity index (χ0n) is 19.3. The highest BCUT2D eigenvalue weighted by Crippen LogP contribution is 2.26. The van der Waals surface area contributed by atoms with E-state index in [0.717, 1.165) is 53.9 Å². The third kappa shape index (κ3) is 4.56. The van der Waals surface area contributed by atoms with Gasteiger partial charge in [-0.3, -0.25) is 9.69 Å². The molecule has 0 bridgehead atoms. The van der Waals surface area contributed by atoms with Crippen LogP contribution >= 0.6 is 0 Å². The van der Waals surface area contributed by atoms with Gasteiger partial charge in [0, 0.05) is 44.8 Å². The van der Waals surface area contributed by atoms with Gasteiger partial charge in [0.05, 0.1) is 22.8 Å². The van der Waals surface area contributed by atoms with Crippen molar-refractivity contribution in [1.29, 1.82) is 0 Å². The van der Waals surface area contributed by atoms with Gasteiger partial charge in [0.1, 0.15) is 5.82 Å². The molecule has 0 unspecified atom stereocenters. The number of benzene rings is 2. The summed E-state index contributed by atoms with van der Waals surface area (Å²) >= 11 is 0. The topological polar surface area (TPSA) is 54.3 Å². The van der Waals surface area contributed by atoms with E-state index in [1.54, 1.807) is 6.20 Å². The van der Waals surface area contributed by atoms with E-state index in [-0.39, 0.29) is 11.7 Å². The minimum Gasteiger partial charge on any atom is -0.337 e. The van der Waals surface area contributed by atoms with Gasteiger partial charge in [-0.05, 0) is 37.1 Å². The normalized spacial score (nSPS) is 14.9. The van der Waals surface area contributed by atoms with Crippen molar-refractivity contribution in [3.8, 4) is 11.3 Å². The fourth-order valence-electron chi connectivity index (χ4n) is 4.56. The summed E-state index contributed by atoms with van der Waals surface area (Å²) in [5, 5.41) is 5.26. The largest absolute Gasteiger partial charge is 0.337 e. The first-order chi connectivity index (χ1) is 16.6. The van der Waals surface area contributed by atoms with E-state index in [9.17, 15) is 9.18 Å². The second-order valence-corrected chi connectivity index (χ2v) is 8.67. The molecule has 7 heteroatoms. The molecule has 2 aromatic heterocycles. The Morgan fingerprint density at radius 3 is 2.56 bits per heavy atom. The van der Waals surface area contributed by atoms with E-state index >= 15 is 0 Å². The van der Waals surface area contributed by atoms with Gasteiger partial charge in [-0.25, -0.2) is 14.1 Å². The van der Waals surface area contributed by atoms with Crippen LogP contribution in [0.25, 0.3) is 22.3 Å². The van der Waals surface area contributed by atoms with Crippen molar-refractivity contribution in [2.24, 2.45) is 0 Å². The number of carbonyl (C=O) groups excluding carboxylic acids is 1. The van der Waals surface area contributed by atoms with Gasteiger partial charge in [0.15, 0.2) is 5.65 Å². The average Bonchev–Trinajstić information content (AvgIpc) is 3.15. The lowest BCUT2D eigenvalue weighted by molar-refractivity contribution is 0.0763. The number of hydrogen-bond acceptors (Lipinski definition) is 4. The predicted molar refractivity (Wildman–Crippen MR) is 131 cm³/mol. The minimum absolute atomic E-state index is 0.0175. The van der Waals surface area contributed by atoms with E-state index < -0.39 is 0 Å². The molecule has 2 aromatic carbocycles. The summed E-state index contributed by atoms with van der Waals surface area (Å²) in [5.74, 6) is -0.204. The van der Waals surface area contributed by atoms with Crippen molar-refractivity contribution in [2.45, 2.75) is 26.4 Å². The fourth-order valence-corrected chi connectivity index (χ4v) is 4.56. The van der Waals surface area contributed by atoms with Crippen LogP contribution in [0.1, 0.15) is 29.3 Å². The molecule has 0 atom stereocenters. The van der Waals surface area contributed by atoms with Crippen LogP contribution in [0, 0.1) is 5.82 Å². The molecule has 1 amide bonds. The Labute approximate surface area is 198 Å². The van der Waals surface area contributed by atoms with Crippen molar-refractivity contribution in [3.05, 3.63) is 83.8 Å². The minimum atomic E-state index is -0.221. The van der Waals surface area contributed by atoms with E-state index in [2.05, 4.69) is 10.00 Å². The Bertz CT molecular complexity index is 1290. The quantitative estimate of drug-likeness (QED) is 0.439. The van der Waals surface area contributed by atoms with Crippen molar-refractivity contribution in [1.82, 2.24) is 24.6 Å². The van der Waals surface area contributed by atoms with Crippen molar-refractivity contribution >= 4 is 16.9 Å². The highest BCUT2D eigenvalue weighted by atomic mass is 19.1. The molecule has 5 rings (SSSR count). The smallest absolute Gasteiger partial charge is 0.254 e. The Hall–Kier alpha value is -3.58. The summed E-state index contributed by atoms with van der Waals surface area (Å²) in [7, 11) is 0. The number of carbonyl (C=O) groups is 1. The zero-order chi connectivity index (χ0) is 23.5. The monoisotopic (exact) mass is 457 g/mol. The highest BCUT2D eigenvalue weighted by molar-refractivity contribution is 6.06. The summed E-state index contributed by atoms with van der Waals surface area (Å²) in [6, 6.07) is 18.5. The standard InChI is InChI=1S/C27H28FN5O/c1-2-33-26-24(18-29-33)23(17-25(30-26)21-7-4-3-5-8-21)27(34)32-14-6-13-31(15-16-32)19-20-9-11-22(28)12-10-20/h3-5,7-12,17-18H,2,6,13-16,19H2,1H3. The van der Waals surface area contributed by atoms with Crippen molar-refractivity contribution < 1.29 is 9.18 Å². The second kappa shape index (κ2) is 9.73. The summed E-state index contributed by atoms with van der Waals surface area (Å²) in [6.45, 7) is 6.48. The molecule has 6 nitrogen and oxygen atoms in total. The molecule has 0 spiro atoms. The van der Waals surface area contributed by atoms with Gasteiger partial charge in [-0.1, -0.05) is 42.5 Å². The maximum Gasteiger partial charge on any atom is 0.254 e. The molecule has 34 heavy (non-hydrogen) atoms. The SMILES string of the molecule is CCn1ncc2c(C(=O)N3CCCN(Cc4ccc(F)cc4)CC3)cc(-c3ccccc3)nc21. The Morgan fingerprint density at radius 1 is 1.00 bits per heavy atom. The van der Waals surface area contributed by atoms with Gasteiger partial charge < -0.3 is 4.90 Å². The lowest BCUT2D eigenvalue weighted by Crippen LogP contribution is -2.35. The van der Waals surface area contributed by atoms with Crippen LogP contribution in [0.15, 0.2) is 66.9 Å². The molecule has 1 saturated heterocycles. The zero-order valence-corrected chi connectivity index (χ0v) is 19.3. The number of aryl methyl sites for hydroxylation is 1. The van der Waals surface area contributed by atoms with Crippen molar-refractivity contribution in [2.75, 3.05) is 26.2 Å². The predicted octanol–water partition coefficient (Wildman–Crippen LogP) is 4.61. The maximum absolute atomic E-state index is 13.8. The summed E-state index contributed by atoms with van der Waals surface area (Å²) in [5.41, 5.74) is 4.22. The fraction of sp³-hybridized carbons (Fsp3) is 0.296. The first-order valence-electron chi connectivity index (χ1n) is 11.8. The number of halogens is 1. The number of fused-ring (bicyclic) bond motifs is 1. The molecule has 1 aliphatic heterocycles. The van der Waals surface area contributed by atoms with Crippen molar-refractivity contribution in [3.63, 3.8) is 0 Å². The highest BCUT2D eigenvalue weighted by Gasteiger charge is 2.24. The first kappa shape index (κ1) is 22.2. The van der Waals surface area contributed by atoms with Crippen LogP contribution in [0.2, 0.25) is 0 Å². The van der Waals surface area contributed by atoms with E-state index in [1.807, 2.05) is 65.0 Å². The number of hydrogen-bond donors (Lipinski definition) is 0. The van der Waals surface area contributed by atoms with Crippen LogP contribution in [0.3, 0.4) is 0 Å². The molecule has 0 aliphatic carbocycles. The van der Waals surface area contributed by atoms with Gasteiger partial charge in [-0.15, -0.1) is 0 Å². The Balaban J connectivity index is 1.40. The summed E-state index contributed by atoms with van der Waals surface area (Å²) < 4.78 is 15.1. The Morgan fingerprint density at radius 2 is 1.79 bits per heavy atom. The maximum atomic E-state index is 13.8. The van der Waals surface area contributed by atoms with Crippen LogP contribution < -0.4 is 0 Å². The van der Waals surface area contributed by atoms with Crippen LogP contribution in [0.5, 0.6) is 0 Å². The van der Waals surface area contributed by atoms with Crippen LogP contribution in [0.4, 0.5) is 4.39 Å². The second-order valence-electron chi connectivity index (χ2n) is 8.67. The molecule has 0 radical (unpaired) electrons. The number of aromatic nitrogens is 3. The lowest BCUT2D eigenvalue weighted by atomic mass is 10.1. The van der Waals surface area contributed by atoms with Crippen LogP contribution in [-0.2, 0) is 13.1 Å². The van der Waals surface area contributed by atoms with E-state index in [4.69, 9.17) is 4.98 Å². The number of amides is 1. The molecular formula is C27H28FN5O. The molecule has 4 aromatic rings. The number of pyridine rings is 1. The molecule has 3 heterocycles. The third-order valence-corrected chi connectivity index (χ3v) is 6.40. The molecule has 174 valence electrons. The molecule has 0 saturated carbocycles. The molecule has 1 aliphatic rings. The first-order valence-corrected chi connectivity index (χ1v) is 11.8. The average molecular weight is 458 g/mol. The third-order valence-electron chi connectivity index (χ3n) is 6.40. The molecule has 1 fully saturated rings. The number of nitrogens with zero attached hydrogens (tertiary/aromatic N) is 5. The molecule has 0 N–H and O–H groups in total.